The summed E-state index contributed by atoms with van der Waals surface area (Å²) in [5, 5.41) is 0. The molecule has 138 valence electrons. The Hall–Kier alpha value is -1.12. The van der Waals surface area contributed by atoms with Crippen LogP contribution in [0, 0.1) is 6.42 Å². The second kappa shape index (κ2) is 13.1. The van der Waals surface area contributed by atoms with E-state index in [1.807, 2.05) is 18.2 Å². The van der Waals surface area contributed by atoms with Crippen LogP contribution in [0.5, 0.6) is 0 Å². The third kappa shape index (κ3) is 6.89. The average molecular weight is 422 g/mol. The van der Waals surface area contributed by atoms with Crippen LogP contribution in [-0.4, -0.2) is 0 Å². The first kappa shape index (κ1) is 27.1. The van der Waals surface area contributed by atoms with E-state index in [2.05, 4.69) is 58.4 Å². The fraction of sp³-hybridized carbons (Fsp3) is 0.227. The molecule has 0 saturated heterocycles. The molecule has 1 aliphatic rings. The molecule has 1 N–H and O–H groups in total. The van der Waals surface area contributed by atoms with Gasteiger partial charge in [-0.05, 0) is 32.8 Å². The largest absolute Gasteiger partial charge is 2.00 e. The zero-order valence-electron chi connectivity index (χ0n) is 15.7. The van der Waals surface area contributed by atoms with Gasteiger partial charge in [0.2, 0.25) is 0 Å². The number of hydrogen-bond acceptors (Lipinski definition) is 0. The summed E-state index contributed by atoms with van der Waals surface area (Å²) in [4.78, 5) is 0. The van der Waals surface area contributed by atoms with Crippen molar-refractivity contribution in [3.63, 3.8) is 0 Å². The third-order valence-corrected chi connectivity index (χ3v) is 4.47. The topological polar surface area (TPSA) is 23.8 Å². The molecule has 2 aromatic rings. The molecule has 0 radical (unpaired) electrons. The number of halogens is 2. The zero-order valence-corrected chi connectivity index (χ0v) is 18.8. The van der Waals surface area contributed by atoms with Crippen molar-refractivity contribution in [2.75, 3.05) is 0 Å². The van der Waals surface area contributed by atoms with Crippen LogP contribution in [0.3, 0.4) is 0 Å². The maximum absolute atomic E-state index is 7.00. The summed E-state index contributed by atoms with van der Waals surface area (Å²) < 4.78 is 0. The Kier molecular flexibility index (Phi) is 13.7. The Morgan fingerprint density at radius 2 is 1.35 bits per heavy atom. The van der Waals surface area contributed by atoms with E-state index in [1.165, 1.54) is 33.4 Å². The van der Waals surface area contributed by atoms with E-state index in [4.69, 9.17) is 5.73 Å². The van der Waals surface area contributed by atoms with Crippen LogP contribution >= 0.6 is 0 Å². The molecular formula is C22H25Cl2NTi-2. The van der Waals surface area contributed by atoms with Crippen LogP contribution in [0.4, 0.5) is 5.69 Å². The number of hydrogen-bond donors (Lipinski definition) is 0. The van der Waals surface area contributed by atoms with E-state index in [9.17, 15) is 0 Å². The molecular weight excluding hydrogens is 397 g/mol. The molecule has 0 aromatic heterocycles. The third-order valence-electron chi connectivity index (χ3n) is 4.47. The molecule has 4 heteroatoms. The van der Waals surface area contributed by atoms with Crippen molar-refractivity contribution in [3.05, 3.63) is 94.6 Å². The predicted molar refractivity (Wildman–Crippen MR) is 102 cm³/mol. The van der Waals surface area contributed by atoms with E-state index in [0.717, 1.165) is 6.42 Å². The van der Waals surface area contributed by atoms with Gasteiger partial charge in [0, 0.05) is 0 Å². The second-order valence-corrected chi connectivity index (χ2v) is 5.93. The van der Waals surface area contributed by atoms with E-state index in [0.29, 0.717) is 5.69 Å². The van der Waals surface area contributed by atoms with Crippen LogP contribution in [0.15, 0.2) is 71.3 Å². The van der Waals surface area contributed by atoms with Gasteiger partial charge in [-0.15, -0.1) is 23.4 Å². The predicted octanol–water partition coefficient (Wildman–Crippen LogP) is 1.15. The molecule has 2 aromatic carbocycles. The summed E-state index contributed by atoms with van der Waals surface area (Å²) in [6.07, 6.45) is 3.31. The Morgan fingerprint density at radius 3 is 1.77 bits per heavy atom. The summed E-state index contributed by atoms with van der Waals surface area (Å²) in [6, 6.07) is 17.8. The van der Waals surface area contributed by atoms with Gasteiger partial charge < -0.3 is 30.5 Å². The van der Waals surface area contributed by atoms with Gasteiger partial charge in [0.05, 0.1) is 0 Å². The summed E-state index contributed by atoms with van der Waals surface area (Å²) in [5.41, 5.74) is 16.3. The molecule has 0 aliphatic heterocycles. The Bertz CT molecular complexity index is 737. The molecule has 0 amide bonds. The van der Waals surface area contributed by atoms with Crippen LogP contribution in [0.2, 0.25) is 0 Å². The molecule has 0 spiro atoms. The van der Waals surface area contributed by atoms with Crippen molar-refractivity contribution in [3.8, 4) is 0 Å². The minimum absolute atomic E-state index is 0. The van der Waals surface area contributed by atoms with E-state index < -0.39 is 0 Å². The smallest absolute Gasteiger partial charge is 1.00 e. The van der Waals surface area contributed by atoms with Crippen molar-refractivity contribution < 1.29 is 46.5 Å². The number of allylic oxidation sites excluding steroid dienone is 4. The van der Waals surface area contributed by atoms with Crippen molar-refractivity contribution in [1.82, 2.24) is 0 Å². The van der Waals surface area contributed by atoms with Gasteiger partial charge in [-0.25, -0.2) is 0 Å². The minimum atomic E-state index is 0. The normalized spacial score (nSPS) is 12.2. The Morgan fingerprint density at radius 1 is 0.808 bits per heavy atom. The van der Waals surface area contributed by atoms with Gasteiger partial charge in [0.1, 0.15) is 0 Å². The van der Waals surface area contributed by atoms with E-state index in [-0.39, 0.29) is 46.5 Å². The first-order valence-electron chi connectivity index (χ1n) is 8.06. The summed E-state index contributed by atoms with van der Waals surface area (Å²) in [7, 11) is 0. The molecule has 1 aliphatic carbocycles. The number of rotatable bonds is 2. The molecule has 1 nitrogen and oxygen atoms in total. The van der Waals surface area contributed by atoms with Gasteiger partial charge in [0.25, 0.3) is 0 Å². The van der Waals surface area contributed by atoms with Crippen LogP contribution in [0.25, 0.3) is 11.3 Å². The zero-order chi connectivity index (χ0) is 16.8. The van der Waals surface area contributed by atoms with Crippen molar-refractivity contribution >= 4 is 11.3 Å². The van der Waals surface area contributed by atoms with Gasteiger partial charge in [0.15, 0.2) is 0 Å². The molecule has 0 bridgehead atoms. The fourth-order valence-corrected chi connectivity index (χ4v) is 2.84. The Labute approximate surface area is 185 Å². The molecule has 0 heterocycles. The molecule has 0 unspecified atom stereocenters. The van der Waals surface area contributed by atoms with Crippen LogP contribution in [0.1, 0.15) is 45.2 Å². The Balaban J connectivity index is 0. The summed E-state index contributed by atoms with van der Waals surface area (Å²) in [5.74, 6) is 0. The maximum atomic E-state index is 7.00. The number of nitrogens with one attached hydrogen (secondary N) is 1. The molecule has 0 fully saturated rings. The average Bonchev–Trinajstić information content (AvgIpc) is 2.83. The standard InChI is InChI=1S/C16H19.C6H6N.2ClH.Ti/c1-5-14-8-6-7-9-15(14)16-10-11(2)12(3)13(16)4;7-6-4-2-1-3-5-6;;;/h5-9H,10H2,1-4H3;1-5,7H;2*1H;/q2*-1;;;+2/p-2. The van der Waals surface area contributed by atoms with Crippen LogP contribution < -0.4 is 24.8 Å². The maximum Gasteiger partial charge on any atom is 2.00 e. The quantitative estimate of drug-likeness (QED) is 0.513. The molecule has 26 heavy (non-hydrogen) atoms. The summed E-state index contributed by atoms with van der Waals surface area (Å²) >= 11 is 0. The van der Waals surface area contributed by atoms with Gasteiger partial charge >= 0.3 is 21.7 Å². The van der Waals surface area contributed by atoms with Gasteiger partial charge in [-0.2, -0.15) is 18.1 Å². The van der Waals surface area contributed by atoms with Crippen molar-refractivity contribution in [1.29, 1.82) is 0 Å². The van der Waals surface area contributed by atoms with E-state index >= 15 is 0 Å². The number of benzene rings is 2. The molecule has 3 rings (SSSR count). The monoisotopic (exact) mass is 421 g/mol. The molecule has 0 atom stereocenters. The van der Waals surface area contributed by atoms with Crippen molar-refractivity contribution in [2.45, 2.75) is 34.1 Å². The van der Waals surface area contributed by atoms with Crippen molar-refractivity contribution in [2.24, 2.45) is 0 Å². The first-order valence-corrected chi connectivity index (χ1v) is 8.06. The molecule has 0 saturated carbocycles. The van der Waals surface area contributed by atoms with Crippen LogP contribution in [-0.2, 0) is 21.7 Å². The first-order chi connectivity index (χ1) is 11.0. The second-order valence-electron chi connectivity index (χ2n) is 5.93. The summed E-state index contributed by atoms with van der Waals surface area (Å²) in [6.45, 7) is 8.82. The fourth-order valence-electron chi connectivity index (χ4n) is 2.84. The van der Waals surface area contributed by atoms with E-state index in [1.54, 1.807) is 12.1 Å². The SMILES string of the molecule is C[CH-]c1ccccc1C1=C(C)C(C)=C(C)C1.[Cl-].[Cl-].[NH-]c1ccccc1.[Ti+2]. The van der Waals surface area contributed by atoms with Gasteiger partial charge in [-0.3, -0.25) is 0 Å². The minimum Gasteiger partial charge on any atom is -1.00 e. The van der Waals surface area contributed by atoms with Gasteiger partial charge in [-0.1, -0.05) is 60.0 Å².